The molecule has 0 aromatic heterocycles. The molecule has 1 amide bonds. The van der Waals surface area contributed by atoms with Crippen LogP contribution < -0.4 is 14.8 Å². The molecule has 170 valence electrons. The van der Waals surface area contributed by atoms with Crippen molar-refractivity contribution in [2.45, 2.75) is 19.7 Å². The van der Waals surface area contributed by atoms with Crippen LogP contribution in [0.1, 0.15) is 33.2 Å². The van der Waals surface area contributed by atoms with Gasteiger partial charge in [0.15, 0.2) is 23.9 Å². The van der Waals surface area contributed by atoms with E-state index in [2.05, 4.69) is 10.1 Å². The van der Waals surface area contributed by atoms with Gasteiger partial charge >= 0.3 is 12.1 Å². The minimum absolute atomic E-state index is 0.00503. The summed E-state index contributed by atoms with van der Waals surface area (Å²) in [5.74, 6) is -1.05. The molecule has 0 radical (unpaired) electrons. The van der Waals surface area contributed by atoms with Crippen LogP contribution in [0.15, 0.2) is 36.4 Å². The second-order valence-electron chi connectivity index (χ2n) is 6.74. The van der Waals surface area contributed by atoms with Gasteiger partial charge in [-0.15, -0.1) is 0 Å². The first-order chi connectivity index (χ1) is 15.1. The van der Waals surface area contributed by atoms with Crippen LogP contribution in [0.3, 0.4) is 0 Å². The van der Waals surface area contributed by atoms with Gasteiger partial charge in [0.1, 0.15) is 6.61 Å². The number of alkyl halides is 3. The fourth-order valence-corrected chi connectivity index (χ4v) is 2.76. The van der Waals surface area contributed by atoms with Crippen molar-refractivity contribution in [2.75, 3.05) is 25.3 Å². The molecule has 8 nitrogen and oxygen atoms in total. The minimum Gasteiger partial charge on any atom is -0.454 e. The maximum atomic E-state index is 12.2. The molecule has 2 aromatic carbocycles. The topological polar surface area (TPSA) is 100 Å². The number of esters is 1. The second kappa shape index (κ2) is 9.69. The Kier molecular flexibility index (Phi) is 6.98. The molecule has 0 fully saturated rings. The van der Waals surface area contributed by atoms with Crippen molar-refractivity contribution < 1.29 is 46.5 Å². The second-order valence-corrected chi connectivity index (χ2v) is 6.74. The van der Waals surface area contributed by atoms with Gasteiger partial charge in [0.05, 0.1) is 17.9 Å². The lowest BCUT2D eigenvalue weighted by atomic mass is 10.1. The summed E-state index contributed by atoms with van der Waals surface area (Å²) in [5.41, 5.74) is 0.927. The Morgan fingerprint density at radius 1 is 1.06 bits per heavy atom. The van der Waals surface area contributed by atoms with Crippen molar-refractivity contribution in [1.82, 2.24) is 0 Å². The van der Waals surface area contributed by atoms with Gasteiger partial charge in [-0.3, -0.25) is 9.59 Å². The molecule has 1 N–H and O–H groups in total. The van der Waals surface area contributed by atoms with Crippen molar-refractivity contribution >= 4 is 23.3 Å². The molecule has 1 aliphatic rings. The summed E-state index contributed by atoms with van der Waals surface area (Å²) >= 11 is 0. The van der Waals surface area contributed by atoms with E-state index >= 15 is 0 Å². The highest BCUT2D eigenvalue weighted by Crippen LogP contribution is 2.37. The average molecular weight is 453 g/mol. The van der Waals surface area contributed by atoms with E-state index in [1.807, 2.05) is 0 Å². The quantitative estimate of drug-likeness (QED) is 0.482. The summed E-state index contributed by atoms with van der Waals surface area (Å²) in [5, 5.41) is 2.49. The number of benzene rings is 2. The lowest BCUT2D eigenvalue weighted by molar-refractivity contribution is -0.176. The number of nitrogens with one attached hydrogen (secondary N) is 1. The van der Waals surface area contributed by atoms with Gasteiger partial charge in [0.2, 0.25) is 6.79 Å². The molecule has 0 bridgehead atoms. The molecule has 3 rings (SSSR count). The van der Waals surface area contributed by atoms with E-state index in [1.54, 1.807) is 0 Å². The number of rotatable bonds is 8. The van der Waals surface area contributed by atoms with Gasteiger partial charge in [-0.2, -0.15) is 13.2 Å². The number of carbonyl (C=O) groups is 3. The maximum absolute atomic E-state index is 12.2. The molecule has 0 atom stereocenters. The first kappa shape index (κ1) is 23.1. The van der Waals surface area contributed by atoms with E-state index in [4.69, 9.17) is 14.2 Å². The summed E-state index contributed by atoms with van der Waals surface area (Å²) < 4.78 is 56.2. The standard InChI is InChI=1S/C21H18F3NO7/c1-12(26)15-6-17-18(32-11-31-17)7-16(15)25-19(27)9-30-20(28)14-4-2-13(3-5-14)8-29-10-21(22,23)24/h2-7H,8-11H2,1H3,(H,25,27). The Morgan fingerprint density at radius 2 is 1.72 bits per heavy atom. The van der Waals surface area contributed by atoms with Crippen LogP contribution >= 0.6 is 0 Å². The van der Waals surface area contributed by atoms with Gasteiger partial charge in [0, 0.05) is 11.6 Å². The summed E-state index contributed by atoms with van der Waals surface area (Å²) in [6, 6.07) is 8.42. The van der Waals surface area contributed by atoms with Crippen molar-refractivity contribution in [3.8, 4) is 11.5 Å². The molecular weight excluding hydrogens is 435 g/mol. The number of halogens is 3. The van der Waals surface area contributed by atoms with E-state index < -0.39 is 31.3 Å². The molecule has 0 spiro atoms. The molecular formula is C21H18F3NO7. The maximum Gasteiger partial charge on any atom is 0.411 e. The third-order valence-electron chi connectivity index (χ3n) is 4.22. The van der Waals surface area contributed by atoms with Crippen molar-refractivity contribution in [3.63, 3.8) is 0 Å². The normalized spacial score (nSPS) is 12.4. The van der Waals surface area contributed by atoms with Gasteiger partial charge in [-0.25, -0.2) is 4.79 Å². The smallest absolute Gasteiger partial charge is 0.411 e. The Balaban J connectivity index is 1.53. The first-order valence-corrected chi connectivity index (χ1v) is 9.27. The SMILES string of the molecule is CC(=O)c1cc2c(cc1NC(=O)COC(=O)c1ccc(COCC(F)(F)F)cc1)OCO2. The summed E-state index contributed by atoms with van der Waals surface area (Å²) in [4.78, 5) is 36.2. The molecule has 32 heavy (non-hydrogen) atoms. The minimum atomic E-state index is -4.42. The van der Waals surface area contributed by atoms with Crippen molar-refractivity contribution in [3.05, 3.63) is 53.1 Å². The molecule has 0 aliphatic carbocycles. The number of anilines is 1. The average Bonchev–Trinajstić information content (AvgIpc) is 3.18. The van der Waals surface area contributed by atoms with Crippen LogP contribution in [0.25, 0.3) is 0 Å². The monoisotopic (exact) mass is 453 g/mol. The third kappa shape index (κ3) is 6.20. The number of ketones is 1. The van der Waals surface area contributed by atoms with E-state index in [0.29, 0.717) is 17.1 Å². The fourth-order valence-electron chi connectivity index (χ4n) is 2.76. The number of hydrogen-bond acceptors (Lipinski definition) is 7. The van der Waals surface area contributed by atoms with E-state index in [9.17, 15) is 27.6 Å². The van der Waals surface area contributed by atoms with Gasteiger partial charge in [-0.1, -0.05) is 12.1 Å². The molecule has 11 heteroatoms. The van der Waals surface area contributed by atoms with Gasteiger partial charge in [-0.05, 0) is 30.7 Å². The van der Waals surface area contributed by atoms with Crippen molar-refractivity contribution in [1.29, 1.82) is 0 Å². The predicted octanol–water partition coefficient (Wildman–Crippen LogP) is 3.49. The third-order valence-corrected chi connectivity index (χ3v) is 4.22. The summed E-state index contributed by atoms with van der Waals surface area (Å²) in [6.45, 7) is -0.951. The Labute approximate surface area is 180 Å². The Hall–Kier alpha value is -3.60. The van der Waals surface area contributed by atoms with Gasteiger partial charge < -0.3 is 24.3 Å². The van der Waals surface area contributed by atoms with Crippen LogP contribution in [0.2, 0.25) is 0 Å². The molecule has 0 unspecified atom stereocenters. The van der Waals surface area contributed by atoms with E-state index in [-0.39, 0.29) is 36.0 Å². The van der Waals surface area contributed by atoms with Gasteiger partial charge in [0.25, 0.3) is 5.91 Å². The zero-order chi connectivity index (χ0) is 23.3. The van der Waals surface area contributed by atoms with Crippen LogP contribution in [0.4, 0.5) is 18.9 Å². The summed E-state index contributed by atoms with van der Waals surface area (Å²) in [7, 11) is 0. The highest BCUT2D eigenvalue weighted by Gasteiger charge is 2.27. The predicted molar refractivity (Wildman–Crippen MR) is 104 cm³/mol. The zero-order valence-corrected chi connectivity index (χ0v) is 16.8. The van der Waals surface area contributed by atoms with Crippen LogP contribution in [0, 0.1) is 0 Å². The number of ether oxygens (including phenoxy) is 4. The van der Waals surface area contributed by atoms with Crippen LogP contribution in [-0.4, -0.2) is 43.8 Å². The number of hydrogen-bond donors (Lipinski definition) is 1. The number of fused-ring (bicyclic) bond motifs is 1. The molecule has 1 aliphatic heterocycles. The molecule has 0 saturated heterocycles. The lowest BCUT2D eigenvalue weighted by Gasteiger charge is -2.11. The summed E-state index contributed by atoms with van der Waals surface area (Å²) in [6.07, 6.45) is -4.42. The number of Topliss-reactive ketones (excluding diaryl/α,β-unsaturated/α-hetero) is 1. The highest BCUT2D eigenvalue weighted by atomic mass is 19.4. The largest absolute Gasteiger partial charge is 0.454 e. The van der Waals surface area contributed by atoms with Crippen molar-refractivity contribution in [2.24, 2.45) is 0 Å². The first-order valence-electron chi connectivity index (χ1n) is 9.27. The lowest BCUT2D eigenvalue weighted by Crippen LogP contribution is -2.22. The molecule has 2 aromatic rings. The Morgan fingerprint density at radius 3 is 2.34 bits per heavy atom. The van der Waals surface area contributed by atoms with Crippen LogP contribution in [-0.2, 0) is 20.9 Å². The fraction of sp³-hybridized carbons (Fsp3) is 0.286. The Bertz CT molecular complexity index is 1020. The van der Waals surface area contributed by atoms with Crippen LogP contribution in [0.5, 0.6) is 11.5 Å². The number of amides is 1. The van der Waals surface area contributed by atoms with E-state index in [1.165, 1.54) is 43.3 Å². The molecule has 1 heterocycles. The highest BCUT2D eigenvalue weighted by molar-refractivity contribution is 6.05. The van der Waals surface area contributed by atoms with E-state index in [0.717, 1.165) is 0 Å². The zero-order valence-electron chi connectivity index (χ0n) is 16.8. The number of carbonyl (C=O) groups excluding carboxylic acids is 3. The molecule has 0 saturated carbocycles.